The Labute approximate surface area is 307 Å². The number of amides is 3. The zero-order valence-corrected chi connectivity index (χ0v) is 29.5. The fourth-order valence-electron chi connectivity index (χ4n) is 5.22. The summed E-state index contributed by atoms with van der Waals surface area (Å²) in [6.45, 7) is 2.69. The molecular weight excluding hydrogens is 722 g/mol. The lowest BCUT2D eigenvalue weighted by atomic mass is 9.92. The van der Waals surface area contributed by atoms with E-state index in [0.29, 0.717) is 28.9 Å². The van der Waals surface area contributed by atoms with Crippen molar-refractivity contribution in [2.45, 2.75) is 39.4 Å². The number of benzene rings is 3. The van der Waals surface area contributed by atoms with Crippen molar-refractivity contribution in [2.24, 2.45) is 5.41 Å². The van der Waals surface area contributed by atoms with Crippen molar-refractivity contribution < 1.29 is 41.4 Å². The zero-order valence-electron chi connectivity index (χ0n) is 28.7. The molecule has 3 aromatic carbocycles. The summed E-state index contributed by atoms with van der Waals surface area (Å²) in [5.74, 6) is -2.15. The van der Waals surface area contributed by atoms with Gasteiger partial charge in [-0.3, -0.25) is 14.4 Å². The molecular formula is C36H36ClF4N7O5. The number of nitrogens with zero attached hydrogens (tertiary/aromatic N) is 4. The van der Waals surface area contributed by atoms with Gasteiger partial charge >= 0.3 is 24.0 Å². The Morgan fingerprint density at radius 3 is 2.42 bits per heavy atom. The smallest absolute Gasteiger partial charge is 0.422 e. The van der Waals surface area contributed by atoms with Crippen molar-refractivity contribution in [3.63, 3.8) is 0 Å². The molecule has 0 atom stereocenters. The van der Waals surface area contributed by atoms with Gasteiger partial charge in [0.05, 0.1) is 11.6 Å². The first-order valence-corrected chi connectivity index (χ1v) is 16.8. The number of alkyl halides is 3. The largest absolute Gasteiger partial charge is 0.492 e. The number of hydrogen-bond donors (Lipinski definition) is 3. The third-order valence-corrected chi connectivity index (χ3v) is 8.11. The fraction of sp³-hybridized carbons (Fsp3) is 0.333. The van der Waals surface area contributed by atoms with Gasteiger partial charge in [0, 0.05) is 43.9 Å². The van der Waals surface area contributed by atoms with Gasteiger partial charge in [-0.15, -0.1) is 0 Å². The van der Waals surface area contributed by atoms with Crippen molar-refractivity contribution in [3.8, 4) is 11.8 Å². The number of hydrogen-bond acceptors (Lipinski definition) is 9. The molecule has 1 aromatic heterocycles. The summed E-state index contributed by atoms with van der Waals surface area (Å²) in [5, 5.41) is 8.61. The van der Waals surface area contributed by atoms with Crippen LogP contribution in [0.1, 0.15) is 47.6 Å². The number of aromatic nitrogens is 3. The number of nitrogens with one attached hydrogen (secondary N) is 3. The van der Waals surface area contributed by atoms with Gasteiger partial charge in [0.15, 0.2) is 6.61 Å². The lowest BCUT2D eigenvalue weighted by Gasteiger charge is -2.32. The molecule has 0 radical (unpaired) electrons. The molecule has 6 bridgehead atoms. The number of halogens is 5. The summed E-state index contributed by atoms with van der Waals surface area (Å²) in [5.41, 5.74) is 1.22. The molecule has 0 aliphatic carbocycles. The van der Waals surface area contributed by atoms with Crippen LogP contribution in [0.5, 0.6) is 11.8 Å². The molecule has 3 amide bonds. The second kappa shape index (κ2) is 16.9. The molecule has 3 N–H and O–H groups in total. The molecule has 4 aromatic rings. The molecule has 280 valence electrons. The van der Waals surface area contributed by atoms with Gasteiger partial charge in [0.25, 0.3) is 5.91 Å². The number of anilines is 2. The molecule has 0 saturated carbocycles. The molecule has 4 aliphatic heterocycles. The lowest BCUT2D eigenvalue weighted by Crippen LogP contribution is -2.48. The van der Waals surface area contributed by atoms with Crippen LogP contribution in [0.3, 0.4) is 0 Å². The fourth-order valence-corrected chi connectivity index (χ4v) is 5.48. The highest BCUT2D eigenvalue weighted by atomic mass is 35.5. The summed E-state index contributed by atoms with van der Waals surface area (Å²) < 4.78 is 62.8. The standard InChI is InChI=1S/C36H36ClF4N7O5/c1-35(2)19-43-30(49)24-7-4-22(5-8-24)17-29-45-33(47-34(46-29)53-21-36(39,40)41)42-18-23-6-13-28(27(37)16-23)52-15-3-14-48(20-35)32(51)31(50)44-26-11-9-25(38)10-12-26/h4-13,16H,3,14-15,17-21H2,1-2H3,(H,43,49)(H,44,50)(H,42,45,46,47). The highest BCUT2D eigenvalue weighted by molar-refractivity contribution is 6.39. The highest BCUT2D eigenvalue weighted by Gasteiger charge is 2.30. The molecule has 0 unspecified atom stereocenters. The Balaban J connectivity index is 1.38. The first-order chi connectivity index (χ1) is 25.1. The second-order valence-corrected chi connectivity index (χ2v) is 13.4. The molecule has 12 nitrogen and oxygen atoms in total. The topological polar surface area (TPSA) is 148 Å². The summed E-state index contributed by atoms with van der Waals surface area (Å²) in [6.07, 6.45) is -4.21. The zero-order chi connectivity index (χ0) is 38.2. The summed E-state index contributed by atoms with van der Waals surface area (Å²) in [7, 11) is 0. The second-order valence-electron chi connectivity index (χ2n) is 13.0. The average molecular weight is 758 g/mol. The van der Waals surface area contributed by atoms with Crippen LogP contribution in [0, 0.1) is 11.2 Å². The van der Waals surface area contributed by atoms with Crippen molar-refractivity contribution in [3.05, 3.63) is 100 Å². The predicted molar refractivity (Wildman–Crippen MR) is 187 cm³/mol. The van der Waals surface area contributed by atoms with Crippen LogP contribution in [0.25, 0.3) is 0 Å². The minimum absolute atomic E-state index is 0.0258. The van der Waals surface area contributed by atoms with Crippen LogP contribution < -0.4 is 25.4 Å². The number of rotatable bonds is 3. The lowest BCUT2D eigenvalue weighted by molar-refractivity contribution is -0.154. The Morgan fingerprint density at radius 2 is 1.72 bits per heavy atom. The third kappa shape index (κ3) is 11.8. The van der Waals surface area contributed by atoms with E-state index in [9.17, 15) is 31.9 Å². The van der Waals surface area contributed by atoms with E-state index >= 15 is 0 Å². The van der Waals surface area contributed by atoms with Crippen LogP contribution >= 0.6 is 11.6 Å². The highest BCUT2D eigenvalue weighted by Crippen LogP contribution is 2.27. The first-order valence-electron chi connectivity index (χ1n) is 16.4. The van der Waals surface area contributed by atoms with E-state index in [4.69, 9.17) is 21.1 Å². The van der Waals surface area contributed by atoms with Crippen molar-refractivity contribution in [1.82, 2.24) is 25.2 Å². The molecule has 53 heavy (non-hydrogen) atoms. The van der Waals surface area contributed by atoms with Gasteiger partial charge in [0.1, 0.15) is 17.4 Å². The average Bonchev–Trinajstić information content (AvgIpc) is 3.11. The van der Waals surface area contributed by atoms with Crippen molar-refractivity contribution in [2.75, 3.05) is 43.5 Å². The summed E-state index contributed by atoms with van der Waals surface area (Å²) >= 11 is 6.50. The van der Waals surface area contributed by atoms with E-state index in [1.807, 2.05) is 13.8 Å². The quantitative estimate of drug-likeness (QED) is 0.174. The van der Waals surface area contributed by atoms with Crippen LogP contribution in [-0.2, 0) is 22.6 Å². The SMILES string of the molecule is CC1(C)CNC(=O)c2ccc(cc2)Cc2nc(nc(OCC(F)(F)F)n2)NCc2ccc(c(Cl)c2)OCCCN(C(=O)C(=O)Nc2ccc(F)cc2)C1. The van der Waals surface area contributed by atoms with Gasteiger partial charge < -0.3 is 30.3 Å². The first kappa shape index (κ1) is 38.7. The van der Waals surface area contributed by atoms with E-state index in [-0.39, 0.29) is 61.7 Å². The Bertz CT molecular complexity index is 1930. The Kier molecular flexibility index (Phi) is 12.3. The van der Waals surface area contributed by atoms with E-state index in [1.54, 1.807) is 42.5 Å². The van der Waals surface area contributed by atoms with E-state index in [2.05, 4.69) is 30.9 Å². The number of carbonyl (C=O) groups is 3. The number of carbonyl (C=O) groups excluding carboxylic acids is 3. The van der Waals surface area contributed by atoms with Crippen LogP contribution in [0.4, 0.5) is 29.2 Å². The molecule has 17 heteroatoms. The van der Waals surface area contributed by atoms with E-state index < -0.39 is 47.7 Å². The Morgan fingerprint density at radius 1 is 1.00 bits per heavy atom. The Hall–Kier alpha value is -5.51. The van der Waals surface area contributed by atoms with Gasteiger partial charge in [-0.25, -0.2) is 4.39 Å². The van der Waals surface area contributed by atoms with Crippen LogP contribution in [-0.4, -0.2) is 76.6 Å². The maximum Gasteiger partial charge on any atom is 0.422 e. The van der Waals surface area contributed by atoms with Crippen LogP contribution in [0.15, 0.2) is 66.7 Å². The minimum atomic E-state index is -4.61. The molecule has 4 aliphatic rings. The van der Waals surface area contributed by atoms with Crippen molar-refractivity contribution >= 4 is 41.0 Å². The van der Waals surface area contributed by atoms with Crippen molar-refractivity contribution in [1.29, 1.82) is 0 Å². The van der Waals surface area contributed by atoms with E-state index in [1.165, 1.54) is 17.0 Å². The molecule has 0 spiro atoms. The van der Waals surface area contributed by atoms with E-state index in [0.717, 1.165) is 12.1 Å². The molecule has 8 rings (SSSR count). The maximum absolute atomic E-state index is 13.4. The molecule has 0 saturated heterocycles. The van der Waals surface area contributed by atoms with Gasteiger partial charge in [-0.1, -0.05) is 43.6 Å². The van der Waals surface area contributed by atoms with Crippen LogP contribution in [0.2, 0.25) is 5.02 Å². The van der Waals surface area contributed by atoms with Gasteiger partial charge in [0.2, 0.25) is 5.95 Å². The maximum atomic E-state index is 13.4. The molecule has 5 heterocycles. The van der Waals surface area contributed by atoms with Gasteiger partial charge in [-0.05, 0) is 71.5 Å². The third-order valence-electron chi connectivity index (χ3n) is 7.81. The monoisotopic (exact) mass is 757 g/mol. The minimum Gasteiger partial charge on any atom is -0.492 e. The summed E-state index contributed by atoms with van der Waals surface area (Å²) in [6, 6.07) is 16.0. The summed E-state index contributed by atoms with van der Waals surface area (Å²) in [4.78, 5) is 53.3. The molecule has 0 fully saturated rings. The number of ether oxygens (including phenoxy) is 2. The normalized spacial score (nSPS) is 15.4. The predicted octanol–water partition coefficient (Wildman–Crippen LogP) is 5.81. The van der Waals surface area contributed by atoms with Gasteiger partial charge in [-0.2, -0.15) is 28.1 Å².